The third-order valence-electron chi connectivity index (χ3n) is 1.10. The number of thiol groups is 1. The van der Waals surface area contributed by atoms with Crippen molar-refractivity contribution in [3.05, 3.63) is 24.4 Å². The lowest BCUT2D eigenvalue weighted by molar-refractivity contribution is 1.08. The maximum atomic E-state index is 5.39. The summed E-state index contributed by atoms with van der Waals surface area (Å²) < 4.78 is 0.143. The predicted molar refractivity (Wildman–Crippen MR) is 51.9 cm³/mol. The maximum Gasteiger partial charge on any atom is 0.0970 e. The number of nitrogens with two attached hydrogens (primary N) is 1. The molecule has 2 nitrogen and oxygen atoms in total. The van der Waals surface area contributed by atoms with Crippen molar-refractivity contribution in [3.63, 3.8) is 0 Å². The van der Waals surface area contributed by atoms with Gasteiger partial charge in [0.2, 0.25) is 0 Å². The van der Waals surface area contributed by atoms with Crippen LogP contribution in [-0.2, 0) is 0 Å². The molecule has 1 heterocycles. The zero-order chi connectivity index (χ0) is 8.10. The molecule has 1 rings (SSSR count). The van der Waals surface area contributed by atoms with Gasteiger partial charge < -0.3 is 5.73 Å². The van der Waals surface area contributed by atoms with Gasteiger partial charge in [-0.2, -0.15) is 12.6 Å². The highest BCUT2D eigenvalue weighted by molar-refractivity contribution is 8.10. The summed E-state index contributed by atoms with van der Waals surface area (Å²) in [6, 6.07) is 5.79. The molecule has 0 fully saturated rings. The number of nitrogens with zero attached hydrogens (tertiary/aromatic N) is 1. The molecule has 4 heteroatoms. The zero-order valence-electron chi connectivity index (χ0n) is 5.97. The minimum atomic E-state index is 0.143. The zero-order valence-corrected chi connectivity index (χ0v) is 7.68. The Hall–Kier alpha value is -0.190. The van der Waals surface area contributed by atoms with Gasteiger partial charge in [0.25, 0.3) is 0 Å². The van der Waals surface area contributed by atoms with Crippen molar-refractivity contribution in [2.24, 2.45) is 5.73 Å². The molecule has 1 atom stereocenters. The lowest BCUT2D eigenvalue weighted by Crippen LogP contribution is -2.09. The molecule has 0 aliphatic rings. The van der Waals surface area contributed by atoms with E-state index in [2.05, 4.69) is 17.6 Å². The number of hydrogen-bond acceptors (Lipinski definition) is 4. The van der Waals surface area contributed by atoms with Crippen LogP contribution in [0.15, 0.2) is 29.4 Å². The highest BCUT2D eigenvalue weighted by Gasteiger charge is 2.01. The molecule has 60 valence electrons. The quantitative estimate of drug-likeness (QED) is 0.425. The Labute approximate surface area is 76.0 Å². The first kappa shape index (κ1) is 8.90. The van der Waals surface area contributed by atoms with E-state index in [0.29, 0.717) is 6.54 Å². The molecule has 0 saturated heterocycles. The monoisotopic (exact) mass is 186 g/mol. The van der Waals surface area contributed by atoms with Crippen LogP contribution >= 0.6 is 24.4 Å². The topological polar surface area (TPSA) is 38.9 Å². The van der Waals surface area contributed by atoms with Crippen LogP contribution in [0.4, 0.5) is 0 Å². The van der Waals surface area contributed by atoms with E-state index in [1.165, 1.54) is 0 Å². The van der Waals surface area contributed by atoms with Gasteiger partial charge in [0.05, 0.1) is 9.61 Å². The largest absolute Gasteiger partial charge is 0.329 e. The van der Waals surface area contributed by atoms with Gasteiger partial charge in [-0.3, -0.25) is 0 Å². The van der Waals surface area contributed by atoms with Crippen molar-refractivity contribution in [1.29, 1.82) is 0 Å². The number of aromatic nitrogens is 1. The smallest absolute Gasteiger partial charge is 0.0970 e. The van der Waals surface area contributed by atoms with Crippen molar-refractivity contribution in [2.45, 2.75) is 9.61 Å². The van der Waals surface area contributed by atoms with E-state index in [4.69, 9.17) is 5.73 Å². The first-order valence-electron chi connectivity index (χ1n) is 3.29. The molecule has 1 unspecified atom stereocenters. The third-order valence-corrected chi connectivity index (χ3v) is 2.57. The summed E-state index contributed by atoms with van der Waals surface area (Å²) in [5.74, 6) is 0. The van der Waals surface area contributed by atoms with E-state index in [9.17, 15) is 0 Å². The molecule has 0 aliphatic heterocycles. The first-order chi connectivity index (χ1) is 5.33. The van der Waals surface area contributed by atoms with E-state index in [1.807, 2.05) is 18.2 Å². The van der Waals surface area contributed by atoms with Gasteiger partial charge in [0.15, 0.2) is 0 Å². The lowest BCUT2D eigenvalue weighted by atomic mass is 10.5. The second-order valence-corrected chi connectivity index (χ2v) is 4.17. The fourth-order valence-corrected chi connectivity index (χ4v) is 1.58. The van der Waals surface area contributed by atoms with Gasteiger partial charge in [-0.25, -0.2) is 4.98 Å². The fraction of sp³-hybridized carbons (Fsp3) is 0.286. The van der Waals surface area contributed by atoms with Gasteiger partial charge in [-0.05, 0) is 12.1 Å². The van der Waals surface area contributed by atoms with Crippen LogP contribution in [0.3, 0.4) is 0 Å². The Morgan fingerprint density at radius 3 is 3.00 bits per heavy atom. The molecule has 0 amide bonds. The van der Waals surface area contributed by atoms with Gasteiger partial charge >= 0.3 is 0 Å². The van der Waals surface area contributed by atoms with Crippen molar-refractivity contribution in [2.75, 3.05) is 6.54 Å². The van der Waals surface area contributed by atoms with Crippen LogP contribution in [0.2, 0.25) is 0 Å². The Kier molecular flexibility index (Phi) is 3.76. The summed E-state index contributed by atoms with van der Waals surface area (Å²) in [6.07, 6.45) is 1.76. The summed E-state index contributed by atoms with van der Waals surface area (Å²) in [4.78, 5) is 4.13. The molecule has 0 saturated carbocycles. The second-order valence-electron chi connectivity index (χ2n) is 1.98. The normalized spacial score (nSPS) is 12.9. The van der Waals surface area contributed by atoms with Gasteiger partial charge in [0, 0.05) is 12.7 Å². The number of thioether (sulfide) groups is 1. The Bertz CT molecular complexity index is 203. The van der Waals surface area contributed by atoms with Crippen LogP contribution in [0, 0.1) is 0 Å². The predicted octanol–water partition coefficient (Wildman–Crippen LogP) is 1.39. The molecule has 0 aromatic carbocycles. The summed E-state index contributed by atoms with van der Waals surface area (Å²) >= 11 is 5.81. The van der Waals surface area contributed by atoms with Gasteiger partial charge in [0.1, 0.15) is 0 Å². The van der Waals surface area contributed by atoms with E-state index >= 15 is 0 Å². The molecule has 1 aromatic heterocycles. The van der Waals surface area contributed by atoms with Gasteiger partial charge in [-0.15, -0.1) is 0 Å². The number of rotatable bonds is 3. The van der Waals surface area contributed by atoms with Crippen LogP contribution in [0.25, 0.3) is 0 Å². The molecular weight excluding hydrogens is 176 g/mol. The third kappa shape index (κ3) is 3.14. The van der Waals surface area contributed by atoms with Crippen LogP contribution in [-0.4, -0.2) is 16.1 Å². The van der Waals surface area contributed by atoms with Crippen molar-refractivity contribution in [3.8, 4) is 0 Å². The number of hydrogen-bond donors (Lipinski definition) is 2. The molecule has 11 heavy (non-hydrogen) atoms. The average molecular weight is 186 g/mol. The summed E-state index contributed by atoms with van der Waals surface area (Å²) in [7, 11) is 0. The SMILES string of the molecule is NCC(S)Sc1ccccn1. The Morgan fingerprint density at radius 1 is 1.64 bits per heavy atom. The maximum absolute atomic E-state index is 5.39. The van der Waals surface area contributed by atoms with Crippen molar-refractivity contribution >= 4 is 24.4 Å². The summed E-state index contributed by atoms with van der Waals surface area (Å²) in [5, 5.41) is 0.970. The van der Waals surface area contributed by atoms with Crippen LogP contribution in [0.5, 0.6) is 0 Å². The Morgan fingerprint density at radius 2 is 2.45 bits per heavy atom. The summed E-state index contributed by atoms with van der Waals surface area (Å²) in [6.45, 7) is 0.560. The van der Waals surface area contributed by atoms with Gasteiger partial charge in [-0.1, -0.05) is 17.8 Å². The van der Waals surface area contributed by atoms with E-state index in [-0.39, 0.29) is 4.58 Å². The molecule has 0 bridgehead atoms. The summed E-state index contributed by atoms with van der Waals surface area (Å²) in [5.41, 5.74) is 5.39. The highest BCUT2D eigenvalue weighted by atomic mass is 32.2. The molecule has 0 aliphatic carbocycles. The van der Waals surface area contributed by atoms with Crippen molar-refractivity contribution in [1.82, 2.24) is 4.98 Å². The minimum Gasteiger partial charge on any atom is -0.329 e. The molecule has 0 radical (unpaired) electrons. The minimum absolute atomic E-state index is 0.143. The lowest BCUT2D eigenvalue weighted by Gasteiger charge is -2.04. The number of pyridine rings is 1. The Balaban J connectivity index is 2.51. The molecule has 0 spiro atoms. The first-order valence-corrected chi connectivity index (χ1v) is 4.68. The van der Waals surface area contributed by atoms with E-state index < -0.39 is 0 Å². The van der Waals surface area contributed by atoms with Crippen LogP contribution in [0.1, 0.15) is 0 Å². The second kappa shape index (κ2) is 4.64. The molecule has 2 N–H and O–H groups in total. The molecular formula is C7H10N2S2. The molecule has 1 aromatic rings. The fourth-order valence-electron chi connectivity index (χ4n) is 0.604. The highest BCUT2D eigenvalue weighted by Crippen LogP contribution is 2.21. The van der Waals surface area contributed by atoms with E-state index in [1.54, 1.807) is 18.0 Å². The van der Waals surface area contributed by atoms with E-state index in [0.717, 1.165) is 5.03 Å². The average Bonchev–Trinajstić information content (AvgIpc) is 2.06. The van der Waals surface area contributed by atoms with Crippen molar-refractivity contribution < 1.29 is 0 Å². The van der Waals surface area contributed by atoms with Crippen LogP contribution < -0.4 is 5.73 Å². The standard InChI is InChI=1S/C7H10N2S2/c8-5-7(10)11-6-3-1-2-4-9-6/h1-4,7,10H,5,8H2.